The molecule has 0 atom stereocenters. The lowest BCUT2D eigenvalue weighted by Gasteiger charge is -2.08. The third kappa shape index (κ3) is 2.87. The minimum Gasteiger partial charge on any atom is -0.336 e. The molecule has 1 aromatic heterocycles. The Labute approximate surface area is 160 Å². The first-order chi connectivity index (χ1) is 11.1. The van der Waals surface area contributed by atoms with Gasteiger partial charge in [0, 0.05) is 35.5 Å². The Kier molecular flexibility index (Phi) is 4.05. The van der Waals surface area contributed by atoms with E-state index in [1.54, 1.807) is 0 Å². The highest BCUT2D eigenvalue weighted by Crippen LogP contribution is 2.32. The fraction of sp³-hybridized carbons (Fsp3) is 0.0526. The van der Waals surface area contributed by atoms with E-state index in [0.29, 0.717) is 0 Å². The van der Waals surface area contributed by atoms with E-state index >= 15 is 0 Å². The maximum atomic E-state index is 13.2. The van der Waals surface area contributed by atoms with Crippen LogP contribution in [0, 0.1) is 13.0 Å². The van der Waals surface area contributed by atoms with Crippen molar-refractivity contribution in [1.82, 2.24) is 4.57 Å². The van der Waals surface area contributed by atoms with Crippen molar-refractivity contribution in [3.63, 3.8) is 0 Å². The number of rotatable bonds is 2. The molecule has 0 amide bonds. The summed E-state index contributed by atoms with van der Waals surface area (Å²) in [5.74, 6) is -0.194. The van der Waals surface area contributed by atoms with Gasteiger partial charge < -0.3 is 4.57 Å². The molecule has 0 aliphatic rings. The van der Waals surface area contributed by atoms with Crippen molar-refractivity contribution in [1.29, 1.82) is 0 Å². The van der Waals surface area contributed by atoms with Crippen molar-refractivity contribution < 1.29 is 4.39 Å². The highest BCUT2D eigenvalue weighted by atomic mass is 127. The Balaban J connectivity index is 1.97. The van der Waals surface area contributed by atoms with Crippen LogP contribution in [0.4, 0.5) is 4.39 Å². The summed E-state index contributed by atoms with van der Waals surface area (Å²) >= 11 is 4.71. The zero-order valence-electron chi connectivity index (χ0n) is 12.1. The lowest BCUT2D eigenvalue weighted by atomic mass is 10.2. The Bertz CT molecular complexity index is 960. The highest BCUT2D eigenvalue weighted by molar-refractivity contribution is 14.1. The van der Waals surface area contributed by atoms with Gasteiger partial charge in [0.15, 0.2) is 0 Å². The minimum atomic E-state index is -0.194. The maximum Gasteiger partial charge on any atom is 0.123 e. The van der Waals surface area contributed by atoms with E-state index in [0.717, 1.165) is 12.1 Å². The van der Waals surface area contributed by atoms with Gasteiger partial charge in [-0.2, -0.15) is 0 Å². The van der Waals surface area contributed by atoms with Gasteiger partial charge in [-0.05, 0) is 99.3 Å². The van der Waals surface area contributed by atoms with Crippen LogP contribution in [0.15, 0.2) is 60.7 Å². The number of halogens is 3. The van der Waals surface area contributed by atoms with Gasteiger partial charge in [0.05, 0.1) is 0 Å². The molecule has 1 heterocycles. The molecule has 0 spiro atoms. The van der Waals surface area contributed by atoms with Crippen LogP contribution in [0.25, 0.3) is 21.8 Å². The summed E-state index contributed by atoms with van der Waals surface area (Å²) in [5.41, 5.74) is 3.53. The molecule has 1 nitrogen and oxygen atoms in total. The van der Waals surface area contributed by atoms with Crippen LogP contribution in [0.1, 0.15) is 5.56 Å². The summed E-state index contributed by atoms with van der Waals surface area (Å²) in [5, 5.41) is 2.54. The largest absolute Gasteiger partial charge is 0.336 e. The van der Waals surface area contributed by atoms with Crippen LogP contribution in [-0.2, 0) is 6.54 Å². The van der Waals surface area contributed by atoms with E-state index in [1.165, 1.54) is 41.1 Å². The standard InChI is InChI=1S/C19H12FI2N/c20-13-3-1-12(2-4-13)11-23-18-7-5-14(21)9-16(18)17-10-15(22)6-8-19(17)23/h1-10H,11H2. The van der Waals surface area contributed by atoms with E-state index in [4.69, 9.17) is 0 Å². The SMILES string of the molecule is Fc1ccc(Cn2c3ccc(I)cc3c3cc(I)ccc32)cc1. The fourth-order valence-electron chi connectivity index (χ4n) is 2.99. The zero-order valence-corrected chi connectivity index (χ0v) is 16.4. The summed E-state index contributed by atoms with van der Waals surface area (Å²) < 4.78 is 17.9. The molecular weight excluding hydrogens is 515 g/mol. The number of benzene rings is 3. The smallest absolute Gasteiger partial charge is 0.123 e. The predicted octanol–water partition coefficient (Wildman–Crippen LogP) is 6.19. The number of fused-ring (bicyclic) bond motifs is 3. The minimum absolute atomic E-state index is 0.194. The van der Waals surface area contributed by atoms with Crippen LogP contribution in [0.5, 0.6) is 0 Å². The quantitative estimate of drug-likeness (QED) is 0.274. The number of hydrogen-bond donors (Lipinski definition) is 0. The lowest BCUT2D eigenvalue weighted by Crippen LogP contribution is -1.99. The van der Waals surface area contributed by atoms with Gasteiger partial charge in [0.1, 0.15) is 5.82 Å². The normalized spacial score (nSPS) is 11.4. The van der Waals surface area contributed by atoms with E-state index in [9.17, 15) is 4.39 Å². The molecule has 0 bridgehead atoms. The second kappa shape index (κ2) is 6.05. The van der Waals surface area contributed by atoms with Gasteiger partial charge in [0.2, 0.25) is 0 Å². The van der Waals surface area contributed by atoms with Gasteiger partial charge >= 0.3 is 0 Å². The third-order valence-corrected chi connectivity index (χ3v) is 5.38. The second-order valence-corrected chi connectivity index (χ2v) is 8.03. The molecule has 0 fully saturated rings. The summed E-state index contributed by atoms with van der Waals surface area (Å²) in [6, 6.07) is 19.8. The Morgan fingerprint density at radius 2 is 1.26 bits per heavy atom. The molecule has 0 aliphatic heterocycles. The molecule has 0 unspecified atom stereocenters. The van der Waals surface area contributed by atoms with Crippen molar-refractivity contribution in [2.24, 2.45) is 0 Å². The second-order valence-electron chi connectivity index (χ2n) is 5.54. The van der Waals surface area contributed by atoms with Crippen molar-refractivity contribution in [3.05, 3.63) is 79.2 Å². The third-order valence-electron chi connectivity index (χ3n) is 4.04. The molecular formula is C19H12FI2N. The first kappa shape index (κ1) is 15.4. The van der Waals surface area contributed by atoms with Crippen molar-refractivity contribution in [2.45, 2.75) is 6.54 Å². The lowest BCUT2D eigenvalue weighted by molar-refractivity contribution is 0.626. The Hall–Kier alpha value is -1.15. The maximum absolute atomic E-state index is 13.2. The highest BCUT2D eigenvalue weighted by Gasteiger charge is 2.11. The molecule has 23 heavy (non-hydrogen) atoms. The molecule has 3 aromatic carbocycles. The first-order valence-electron chi connectivity index (χ1n) is 7.23. The molecule has 114 valence electrons. The molecule has 0 radical (unpaired) electrons. The Morgan fingerprint density at radius 3 is 1.78 bits per heavy atom. The van der Waals surface area contributed by atoms with Gasteiger partial charge in [0.25, 0.3) is 0 Å². The molecule has 4 heteroatoms. The van der Waals surface area contributed by atoms with Crippen LogP contribution < -0.4 is 0 Å². The van der Waals surface area contributed by atoms with E-state index in [2.05, 4.69) is 86.1 Å². The monoisotopic (exact) mass is 527 g/mol. The number of hydrogen-bond acceptors (Lipinski definition) is 0. The fourth-order valence-corrected chi connectivity index (χ4v) is 3.97. The van der Waals surface area contributed by atoms with Gasteiger partial charge in [-0.15, -0.1) is 0 Å². The average molecular weight is 527 g/mol. The number of aromatic nitrogens is 1. The van der Waals surface area contributed by atoms with E-state index < -0.39 is 0 Å². The molecule has 4 aromatic rings. The van der Waals surface area contributed by atoms with Gasteiger partial charge in [-0.1, -0.05) is 12.1 Å². The van der Waals surface area contributed by atoms with Crippen LogP contribution in [0.2, 0.25) is 0 Å². The van der Waals surface area contributed by atoms with Crippen LogP contribution >= 0.6 is 45.2 Å². The zero-order chi connectivity index (χ0) is 16.0. The van der Waals surface area contributed by atoms with Crippen molar-refractivity contribution in [2.75, 3.05) is 0 Å². The van der Waals surface area contributed by atoms with E-state index in [1.807, 2.05) is 12.1 Å². The predicted molar refractivity (Wildman–Crippen MR) is 110 cm³/mol. The summed E-state index contributed by atoms with van der Waals surface area (Å²) in [6.45, 7) is 0.738. The summed E-state index contributed by atoms with van der Waals surface area (Å²) in [4.78, 5) is 0. The summed E-state index contributed by atoms with van der Waals surface area (Å²) in [6.07, 6.45) is 0. The molecule has 0 N–H and O–H groups in total. The van der Waals surface area contributed by atoms with Crippen LogP contribution in [-0.4, -0.2) is 4.57 Å². The molecule has 0 saturated heterocycles. The molecule has 0 aliphatic carbocycles. The molecule has 4 rings (SSSR count). The van der Waals surface area contributed by atoms with Gasteiger partial charge in [-0.3, -0.25) is 0 Å². The average Bonchev–Trinajstić information content (AvgIpc) is 2.82. The van der Waals surface area contributed by atoms with E-state index in [-0.39, 0.29) is 5.82 Å². The first-order valence-corrected chi connectivity index (χ1v) is 9.39. The Morgan fingerprint density at radius 1 is 0.739 bits per heavy atom. The topological polar surface area (TPSA) is 4.93 Å². The van der Waals surface area contributed by atoms with Crippen LogP contribution in [0.3, 0.4) is 0 Å². The summed E-state index contributed by atoms with van der Waals surface area (Å²) in [7, 11) is 0. The number of nitrogens with zero attached hydrogens (tertiary/aromatic N) is 1. The van der Waals surface area contributed by atoms with Gasteiger partial charge in [-0.25, -0.2) is 4.39 Å². The van der Waals surface area contributed by atoms with Crippen molar-refractivity contribution in [3.8, 4) is 0 Å². The van der Waals surface area contributed by atoms with Crippen molar-refractivity contribution >= 4 is 67.0 Å². The molecule has 0 saturated carbocycles.